The quantitative estimate of drug-likeness (QED) is 0.112. The highest BCUT2D eigenvalue weighted by molar-refractivity contribution is 7.86. The molecule has 2 aromatic carbocycles. The molecule has 0 spiro atoms. The molecule has 218 valence electrons. The minimum absolute atomic E-state index is 0.0832. The Hall–Kier alpha value is -4.14. The van der Waals surface area contributed by atoms with Gasteiger partial charge in [0.25, 0.3) is 11.8 Å². The smallest absolute Gasteiger partial charge is 0.356 e. The van der Waals surface area contributed by atoms with E-state index in [0.29, 0.717) is 5.57 Å². The molecule has 1 aromatic heterocycles. The molecule has 2 unspecified atom stereocenters. The Morgan fingerprint density at radius 3 is 2.38 bits per heavy atom. The van der Waals surface area contributed by atoms with Crippen LogP contribution in [-0.2, 0) is 34.8 Å². The van der Waals surface area contributed by atoms with Crippen molar-refractivity contribution in [1.82, 2.24) is 19.6 Å². The van der Waals surface area contributed by atoms with E-state index in [0.717, 1.165) is 27.6 Å². The van der Waals surface area contributed by atoms with Gasteiger partial charge in [-0.3, -0.25) is 18.7 Å². The van der Waals surface area contributed by atoms with E-state index < -0.39 is 46.1 Å². The van der Waals surface area contributed by atoms with Gasteiger partial charge in [-0.25, -0.2) is 4.79 Å². The average molecular weight is 629 g/mol. The molecular weight excluding hydrogens is 604 g/mol. The molecule has 2 aliphatic heterocycles. The fourth-order valence-corrected chi connectivity index (χ4v) is 7.00. The number of fused-ring (bicyclic) bond motifs is 1. The molecule has 5 rings (SSSR count). The van der Waals surface area contributed by atoms with E-state index in [2.05, 4.69) is 19.8 Å². The second-order valence-electron chi connectivity index (χ2n) is 9.08. The number of benzene rings is 2. The number of hydrogen-bond donors (Lipinski definition) is 2. The zero-order valence-electron chi connectivity index (χ0n) is 22.1. The third-order valence-corrected chi connectivity index (χ3v) is 8.95. The van der Waals surface area contributed by atoms with Gasteiger partial charge in [-0.15, -0.1) is 11.6 Å². The average Bonchev–Trinajstić information content (AvgIpc) is 3.44. The molecule has 0 radical (unpaired) electrons. The van der Waals surface area contributed by atoms with E-state index >= 15 is 0 Å². The first kappa shape index (κ1) is 29.4. The Morgan fingerprint density at radius 2 is 1.83 bits per heavy atom. The predicted octanol–water partition coefficient (Wildman–Crippen LogP) is 2.10. The van der Waals surface area contributed by atoms with E-state index in [1.165, 1.54) is 0 Å². The molecule has 3 N–H and O–H groups in total. The molecule has 3 heterocycles. The van der Waals surface area contributed by atoms with Crippen molar-refractivity contribution in [3.05, 3.63) is 88.9 Å². The summed E-state index contributed by atoms with van der Waals surface area (Å²) in [5, 5.41) is 5.38. The molecular formula is C27H25ClN6O6S2. The van der Waals surface area contributed by atoms with E-state index in [9.17, 15) is 18.6 Å². The zero-order valence-corrected chi connectivity index (χ0v) is 24.5. The van der Waals surface area contributed by atoms with Gasteiger partial charge in [0.1, 0.15) is 23.7 Å². The number of carbonyl (C=O) groups excluding carboxylic acids is 3. The lowest BCUT2D eigenvalue weighted by atomic mass is 10.0. The molecule has 0 bridgehead atoms. The number of nitrogen functional groups attached to an aromatic ring is 1. The van der Waals surface area contributed by atoms with Gasteiger partial charge in [-0.1, -0.05) is 65.8 Å². The monoisotopic (exact) mass is 628 g/mol. The highest BCUT2D eigenvalue weighted by atomic mass is 35.5. The number of rotatable bonds is 10. The molecule has 1 fully saturated rings. The van der Waals surface area contributed by atoms with Gasteiger partial charge >= 0.3 is 5.97 Å². The summed E-state index contributed by atoms with van der Waals surface area (Å²) in [7, 11) is -1.69. The second kappa shape index (κ2) is 12.8. The number of alkyl halides is 1. The fraction of sp³-hybridized carbons (Fsp3) is 0.259. The number of nitrogens with zero attached hydrogens (tertiary/aromatic N) is 4. The first-order valence-corrected chi connectivity index (χ1v) is 15.4. The van der Waals surface area contributed by atoms with Crippen molar-refractivity contribution in [3.8, 4) is 0 Å². The van der Waals surface area contributed by atoms with Crippen LogP contribution in [0.4, 0.5) is 5.13 Å². The van der Waals surface area contributed by atoms with Crippen LogP contribution < -0.4 is 11.1 Å². The number of nitrogens with one attached hydrogen (secondary N) is 1. The van der Waals surface area contributed by atoms with Crippen molar-refractivity contribution in [1.29, 1.82) is 0 Å². The predicted molar refractivity (Wildman–Crippen MR) is 157 cm³/mol. The van der Waals surface area contributed by atoms with Crippen LogP contribution in [0.5, 0.6) is 0 Å². The van der Waals surface area contributed by atoms with Crippen LogP contribution in [0.25, 0.3) is 0 Å². The second-order valence-corrected chi connectivity index (χ2v) is 11.7. The first-order chi connectivity index (χ1) is 20.3. The topological polar surface area (TPSA) is 166 Å². The molecule has 3 atom stereocenters. The van der Waals surface area contributed by atoms with Gasteiger partial charge in [0.2, 0.25) is 11.5 Å². The fourth-order valence-electron chi connectivity index (χ4n) is 4.55. The van der Waals surface area contributed by atoms with Crippen molar-refractivity contribution in [3.63, 3.8) is 0 Å². The lowest BCUT2D eigenvalue weighted by Crippen LogP contribution is -2.74. The molecule has 3 aromatic rings. The maximum atomic E-state index is 13.7. The zero-order chi connectivity index (χ0) is 29.8. The Kier molecular flexibility index (Phi) is 8.94. The number of nitrogens with two attached hydrogens (primary N) is 1. The molecule has 2 aliphatic rings. The third kappa shape index (κ3) is 5.78. The summed E-state index contributed by atoms with van der Waals surface area (Å²) < 4.78 is 23.2. The summed E-state index contributed by atoms with van der Waals surface area (Å²) in [5.41, 5.74) is 7.00. The molecule has 0 aliphatic carbocycles. The van der Waals surface area contributed by atoms with Gasteiger partial charge < -0.3 is 20.6 Å². The molecule has 0 saturated carbocycles. The van der Waals surface area contributed by atoms with Crippen molar-refractivity contribution in [2.24, 2.45) is 5.16 Å². The molecule has 2 amide bonds. The Bertz CT molecular complexity index is 1540. The number of halogens is 1. The summed E-state index contributed by atoms with van der Waals surface area (Å²) in [6.45, 7) is 1.82. The standard InChI is InChI=1S/C27H25ClN6O6S2/c1-2-39-32-18(22-31-27(29)41-33-22)23(35)30-19-24(36)34-20(17(13-28)14-42(38)25(19)34)26(37)40-21(15-9-5-3-6-10-15)16-11-7-4-8-12-16/h3-12,19,21,25H,2,13-14H2,1H3,(H,30,35)(H2,29,31,33)/t19?,25-,42?/m1/s1. The van der Waals surface area contributed by atoms with Crippen LogP contribution in [0, 0.1) is 0 Å². The number of β-lactam (4-membered cyclic amide) rings is 1. The summed E-state index contributed by atoms with van der Waals surface area (Å²) >= 11 is 7.02. The molecule has 1 saturated heterocycles. The van der Waals surface area contributed by atoms with Gasteiger partial charge in [-0.05, 0) is 23.6 Å². The number of esters is 1. The van der Waals surface area contributed by atoms with Gasteiger partial charge in [0, 0.05) is 17.4 Å². The maximum absolute atomic E-state index is 13.7. The van der Waals surface area contributed by atoms with E-state index in [1.807, 2.05) is 60.7 Å². The van der Waals surface area contributed by atoms with Crippen LogP contribution >= 0.6 is 23.1 Å². The Labute approximate surface area is 252 Å². The Balaban J connectivity index is 1.41. The normalized spacial score (nSPS) is 20.2. The summed E-state index contributed by atoms with van der Waals surface area (Å²) in [5.74, 6) is -2.61. The van der Waals surface area contributed by atoms with E-state index in [4.69, 9.17) is 26.9 Å². The first-order valence-electron chi connectivity index (χ1n) is 12.7. The SMILES string of the molecule is CCON=C(C(=O)NC1C(=O)N2C(C(=O)OC(c3ccccc3)c3ccccc3)=C(CCl)CS(=O)[C@H]12)c1nsc(N)n1. The number of ether oxygens (including phenoxy) is 1. The molecule has 12 nitrogen and oxygen atoms in total. The van der Waals surface area contributed by atoms with Crippen LogP contribution in [0.1, 0.15) is 30.0 Å². The van der Waals surface area contributed by atoms with E-state index in [1.54, 1.807) is 6.92 Å². The van der Waals surface area contributed by atoms with Crippen LogP contribution in [0.3, 0.4) is 0 Å². The number of hydrogen-bond acceptors (Lipinski definition) is 11. The van der Waals surface area contributed by atoms with Gasteiger partial charge in [-0.2, -0.15) is 9.36 Å². The maximum Gasteiger partial charge on any atom is 0.356 e. The number of aromatic nitrogens is 2. The lowest BCUT2D eigenvalue weighted by molar-refractivity contribution is -0.154. The van der Waals surface area contributed by atoms with Crippen molar-refractivity contribution >= 4 is 62.6 Å². The summed E-state index contributed by atoms with van der Waals surface area (Å²) in [4.78, 5) is 50.4. The summed E-state index contributed by atoms with van der Waals surface area (Å²) in [6.07, 6.45) is -0.780. The number of anilines is 1. The van der Waals surface area contributed by atoms with Crippen LogP contribution in [0.15, 0.2) is 77.1 Å². The molecule has 15 heteroatoms. The largest absolute Gasteiger partial charge is 0.448 e. The van der Waals surface area contributed by atoms with Gasteiger partial charge in [0.15, 0.2) is 11.2 Å². The van der Waals surface area contributed by atoms with Gasteiger partial charge in [0.05, 0.1) is 16.6 Å². The van der Waals surface area contributed by atoms with Crippen LogP contribution in [-0.4, -0.2) is 71.6 Å². The highest BCUT2D eigenvalue weighted by Gasteiger charge is 2.57. The minimum atomic E-state index is -1.69. The third-order valence-electron chi connectivity index (χ3n) is 6.43. The van der Waals surface area contributed by atoms with Crippen LogP contribution in [0.2, 0.25) is 0 Å². The number of amides is 2. The number of carbonyl (C=O) groups is 3. The van der Waals surface area contributed by atoms with Crippen molar-refractivity contribution in [2.75, 3.05) is 24.0 Å². The number of oxime groups is 1. The highest BCUT2D eigenvalue weighted by Crippen LogP contribution is 2.37. The lowest BCUT2D eigenvalue weighted by Gasteiger charge is -2.49. The Morgan fingerprint density at radius 1 is 1.19 bits per heavy atom. The molecule has 42 heavy (non-hydrogen) atoms. The minimum Gasteiger partial charge on any atom is -0.448 e. The van der Waals surface area contributed by atoms with E-state index in [-0.39, 0.29) is 40.6 Å². The van der Waals surface area contributed by atoms with Crippen molar-refractivity contribution in [2.45, 2.75) is 24.4 Å². The van der Waals surface area contributed by atoms with Crippen molar-refractivity contribution < 1.29 is 28.2 Å². The summed E-state index contributed by atoms with van der Waals surface area (Å²) in [6, 6.07) is 17.1.